The van der Waals surface area contributed by atoms with E-state index >= 15 is 0 Å². The Morgan fingerprint density at radius 3 is 2.88 bits per heavy atom. The third-order valence-corrected chi connectivity index (χ3v) is 4.90. The van der Waals surface area contributed by atoms with Crippen LogP contribution in [-0.4, -0.2) is 22.1 Å². The van der Waals surface area contributed by atoms with Crippen LogP contribution < -0.4 is 10.3 Å². The summed E-state index contributed by atoms with van der Waals surface area (Å²) in [6, 6.07) is 11.0. The van der Waals surface area contributed by atoms with Crippen LogP contribution in [0.5, 0.6) is 5.75 Å². The van der Waals surface area contributed by atoms with Gasteiger partial charge >= 0.3 is 0 Å². The minimum atomic E-state index is -0.189. The van der Waals surface area contributed by atoms with Crippen LogP contribution in [-0.2, 0) is 0 Å². The zero-order valence-electron chi connectivity index (χ0n) is 13.1. The highest BCUT2D eigenvalue weighted by Gasteiger charge is 2.12. The second-order valence-electron chi connectivity index (χ2n) is 5.37. The zero-order valence-corrected chi connectivity index (χ0v) is 14.7. The number of rotatable bonds is 3. The van der Waals surface area contributed by atoms with Crippen molar-refractivity contribution in [3.63, 3.8) is 0 Å². The first-order chi connectivity index (χ1) is 12.1. The molecule has 3 aromatic heterocycles. The lowest BCUT2D eigenvalue weighted by molar-refractivity contribution is 0.415. The fourth-order valence-corrected chi connectivity index (χ4v) is 3.55. The highest BCUT2D eigenvalue weighted by atomic mass is 35.5. The van der Waals surface area contributed by atoms with Gasteiger partial charge < -0.3 is 9.72 Å². The number of H-pyrrole nitrogens is 1. The van der Waals surface area contributed by atoms with Crippen molar-refractivity contribution in [2.24, 2.45) is 0 Å². The van der Waals surface area contributed by atoms with E-state index in [4.69, 9.17) is 16.3 Å². The van der Waals surface area contributed by atoms with Crippen molar-refractivity contribution in [1.29, 1.82) is 0 Å². The Morgan fingerprint density at radius 1 is 1.20 bits per heavy atom. The Bertz CT molecular complexity index is 1140. The number of hydrogen-bond donors (Lipinski definition) is 1. The summed E-state index contributed by atoms with van der Waals surface area (Å²) in [6.07, 6.45) is 1.63. The van der Waals surface area contributed by atoms with Crippen molar-refractivity contribution in [2.45, 2.75) is 0 Å². The number of nitrogens with one attached hydrogen (secondary N) is 1. The van der Waals surface area contributed by atoms with Crippen LogP contribution in [0.1, 0.15) is 0 Å². The van der Waals surface area contributed by atoms with Gasteiger partial charge in [-0.05, 0) is 35.7 Å². The number of nitrogens with zero attached hydrogens (tertiary/aromatic N) is 2. The Morgan fingerprint density at radius 2 is 2.08 bits per heavy atom. The normalized spacial score (nSPS) is 11.0. The number of benzene rings is 1. The standard InChI is InChI=1S/C18H12ClN3O2S/c1-24-12-3-2-10-6-13(17(23)21-14(10)8-12)15-9-25-18(22-15)11-4-5-20-16(19)7-11/h2-9H,1H3,(H,21,23). The Hall–Kier alpha value is -2.70. The summed E-state index contributed by atoms with van der Waals surface area (Å²) in [5.74, 6) is 0.696. The zero-order chi connectivity index (χ0) is 17.4. The van der Waals surface area contributed by atoms with E-state index in [1.54, 1.807) is 25.4 Å². The van der Waals surface area contributed by atoms with Crippen LogP contribution >= 0.6 is 22.9 Å². The second kappa shape index (κ2) is 6.31. The molecule has 1 aromatic carbocycles. The maximum atomic E-state index is 12.5. The maximum absolute atomic E-state index is 12.5. The smallest absolute Gasteiger partial charge is 0.257 e. The monoisotopic (exact) mass is 369 g/mol. The average Bonchev–Trinajstić information content (AvgIpc) is 3.10. The van der Waals surface area contributed by atoms with Gasteiger partial charge in [0.05, 0.1) is 23.9 Å². The molecule has 0 saturated heterocycles. The molecule has 0 fully saturated rings. The number of aromatic amines is 1. The molecule has 124 valence electrons. The molecule has 0 aliphatic rings. The summed E-state index contributed by atoms with van der Waals surface area (Å²) in [7, 11) is 1.59. The molecule has 5 nitrogen and oxygen atoms in total. The van der Waals surface area contributed by atoms with Crippen LogP contribution in [0, 0.1) is 0 Å². The van der Waals surface area contributed by atoms with E-state index in [0.29, 0.717) is 22.2 Å². The van der Waals surface area contributed by atoms with Gasteiger partial charge in [-0.1, -0.05) is 11.6 Å². The van der Waals surface area contributed by atoms with Crippen LogP contribution in [0.3, 0.4) is 0 Å². The molecular formula is C18H12ClN3O2S. The summed E-state index contributed by atoms with van der Waals surface area (Å²) in [5.41, 5.74) is 2.57. The van der Waals surface area contributed by atoms with E-state index in [2.05, 4.69) is 15.0 Å². The van der Waals surface area contributed by atoms with Gasteiger partial charge in [0.1, 0.15) is 15.9 Å². The minimum absolute atomic E-state index is 0.189. The number of aromatic nitrogens is 3. The van der Waals surface area contributed by atoms with Gasteiger partial charge in [0.25, 0.3) is 5.56 Å². The Kier molecular flexibility index (Phi) is 3.99. The average molecular weight is 370 g/mol. The van der Waals surface area contributed by atoms with Crippen molar-refractivity contribution < 1.29 is 4.74 Å². The molecule has 0 saturated carbocycles. The third kappa shape index (κ3) is 3.01. The Balaban J connectivity index is 1.80. The number of halogens is 1. The number of hydrogen-bond acceptors (Lipinski definition) is 5. The molecule has 7 heteroatoms. The highest BCUT2D eigenvalue weighted by molar-refractivity contribution is 7.13. The van der Waals surface area contributed by atoms with Crippen LogP contribution in [0.25, 0.3) is 32.7 Å². The predicted molar refractivity (Wildman–Crippen MR) is 100 cm³/mol. The van der Waals surface area contributed by atoms with Crippen LogP contribution in [0.2, 0.25) is 5.15 Å². The molecule has 25 heavy (non-hydrogen) atoms. The lowest BCUT2D eigenvalue weighted by Gasteiger charge is -2.04. The molecule has 4 aromatic rings. The van der Waals surface area contributed by atoms with Crippen molar-refractivity contribution in [1.82, 2.24) is 15.0 Å². The first-order valence-corrected chi connectivity index (χ1v) is 8.69. The molecule has 0 amide bonds. The number of pyridine rings is 2. The molecule has 0 spiro atoms. The molecule has 4 rings (SSSR count). The molecular weight excluding hydrogens is 358 g/mol. The van der Waals surface area contributed by atoms with E-state index in [-0.39, 0.29) is 5.56 Å². The maximum Gasteiger partial charge on any atom is 0.257 e. The van der Waals surface area contributed by atoms with Gasteiger partial charge in [0.15, 0.2) is 0 Å². The molecule has 0 radical (unpaired) electrons. The van der Waals surface area contributed by atoms with Crippen molar-refractivity contribution in [3.05, 3.63) is 63.5 Å². The fraction of sp³-hybridized carbons (Fsp3) is 0.0556. The SMILES string of the molecule is COc1ccc2cc(-c3csc(-c4ccnc(Cl)c4)n3)c(=O)[nH]c2c1. The lowest BCUT2D eigenvalue weighted by atomic mass is 10.1. The van der Waals surface area contributed by atoms with Gasteiger partial charge in [-0.15, -0.1) is 11.3 Å². The minimum Gasteiger partial charge on any atom is -0.497 e. The van der Waals surface area contributed by atoms with Crippen molar-refractivity contribution >= 4 is 33.8 Å². The number of thiazole rings is 1. The molecule has 0 unspecified atom stereocenters. The summed E-state index contributed by atoms with van der Waals surface area (Å²) < 4.78 is 5.19. The number of ether oxygens (including phenoxy) is 1. The van der Waals surface area contributed by atoms with E-state index in [1.165, 1.54) is 11.3 Å². The number of fused-ring (bicyclic) bond motifs is 1. The largest absolute Gasteiger partial charge is 0.497 e. The lowest BCUT2D eigenvalue weighted by Crippen LogP contribution is -2.08. The fourth-order valence-electron chi connectivity index (χ4n) is 2.56. The van der Waals surface area contributed by atoms with E-state index in [0.717, 1.165) is 21.5 Å². The van der Waals surface area contributed by atoms with Gasteiger partial charge in [-0.3, -0.25) is 4.79 Å². The van der Waals surface area contributed by atoms with Crippen molar-refractivity contribution in [2.75, 3.05) is 7.11 Å². The molecule has 0 bridgehead atoms. The second-order valence-corrected chi connectivity index (χ2v) is 6.62. The van der Waals surface area contributed by atoms with Gasteiger partial charge in [-0.25, -0.2) is 9.97 Å². The highest BCUT2D eigenvalue weighted by Crippen LogP contribution is 2.29. The van der Waals surface area contributed by atoms with Crippen LogP contribution in [0.4, 0.5) is 0 Å². The van der Waals surface area contributed by atoms with Crippen molar-refractivity contribution in [3.8, 4) is 27.6 Å². The van der Waals surface area contributed by atoms with E-state index in [9.17, 15) is 4.79 Å². The molecule has 3 heterocycles. The summed E-state index contributed by atoms with van der Waals surface area (Å²) in [5, 5.41) is 3.97. The van der Waals surface area contributed by atoms with E-state index < -0.39 is 0 Å². The first-order valence-electron chi connectivity index (χ1n) is 7.43. The quantitative estimate of drug-likeness (QED) is 0.544. The van der Waals surface area contributed by atoms with Crippen LogP contribution in [0.15, 0.2) is 52.8 Å². The summed E-state index contributed by atoms with van der Waals surface area (Å²) in [4.78, 5) is 23.9. The topological polar surface area (TPSA) is 67.9 Å². The molecule has 0 aliphatic heterocycles. The molecule has 0 aliphatic carbocycles. The van der Waals surface area contributed by atoms with Gasteiger partial charge in [0.2, 0.25) is 0 Å². The third-order valence-electron chi connectivity index (χ3n) is 3.81. The van der Waals surface area contributed by atoms with Gasteiger partial charge in [-0.2, -0.15) is 0 Å². The number of methoxy groups -OCH3 is 1. The Labute approximate surface area is 151 Å². The predicted octanol–water partition coefficient (Wildman–Crippen LogP) is 4.38. The summed E-state index contributed by atoms with van der Waals surface area (Å²) >= 11 is 7.39. The first kappa shape index (κ1) is 15.8. The van der Waals surface area contributed by atoms with E-state index in [1.807, 2.05) is 29.6 Å². The summed E-state index contributed by atoms with van der Waals surface area (Å²) in [6.45, 7) is 0. The molecule has 0 atom stereocenters. The van der Waals surface area contributed by atoms with Gasteiger partial charge in [0, 0.05) is 23.2 Å². The molecule has 1 N–H and O–H groups in total.